The van der Waals surface area contributed by atoms with Crippen LogP contribution in [0.2, 0.25) is 0 Å². The number of carbonyl (C=O) groups excluding carboxylic acids is 2. The van der Waals surface area contributed by atoms with E-state index >= 15 is 0 Å². The maximum absolute atomic E-state index is 12.4. The summed E-state index contributed by atoms with van der Waals surface area (Å²) in [6.45, 7) is 6.70. The Balaban J connectivity index is 1.50. The molecule has 0 radical (unpaired) electrons. The summed E-state index contributed by atoms with van der Waals surface area (Å²) in [7, 11) is 1.54. The fourth-order valence-electron chi connectivity index (χ4n) is 2.94. The predicted molar refractivity (Wildman–Crippen MR) is 99.6 cm³/mol. The fourth-order valence-corrected chi connectivity index (χ4v) is 2.94. The number of nitrogens with one attached hydrogen (secondary N) is 2. The van der Waals surface area contributed by atoms with Gasteiger partial charge in [0.2, 0.25) is 0 Å². The molecule has 1 aliphatic rings. The standard InChI is InChI=1S/C18H24N6O3/c1-12-10-20-13(2)16(22-12)23-6-8-24(9-7-23)18(26)21-11-14-4-5-15(27-14)17(25)19-3/h4-5,10H,6-9,11H2,1-3H3,(H,19,25)(H,21,26). The molecule has 0 aromatic carbocycles. The summed E-state index contributed by atoms with van der Waals surface area (Å²) < 4.78 is 5.40. The number of hydrogen-bond donors (Lipinski definition) is 2. The Morgan fingerprint density at radius 2 is 1.93 bits per heavy atom. The number of aryl methyl sites for hydroxylation is 2. The third-order valence-electron chi connectivity index (χ3n) is 4.44. The number of anilines is 1. The second kappa shape index (κ2) is 8.07. The molecule has 0 bridgehead atoms. The zero-order valence-electron chi connectivity index (χ0n) is 15.8. The highest BCUT2D eigenvalue weighted by Crippen LogP contribution is 2.17. The van der Waals surface area contributed by atoms with E-state index in [0.717, 1.165) is 17.2 Å². The third-order valence-corrected chi connectivity index (χ3v) is 4.44. The summed E-state index contributed by atoms with van der Waals surface area (Å²) >= 11 is 0. The molecule has 2 aromatic heterocycles. The monoisotopic (exact) mass is 372 g/mol. The molecule has 0 saturated carbocycles. The van der Waals surface area contributed by atoms with E-state index in [1.165, 1.54) is 7.05 Å². The molecule has 27 heavy (non-hydrogen) atoms. The summed E-state index contributed by atoms with van der Waals surface area (Å²) in [5.74, 6) is 1.35. The number of urea groups is 1. The first kappa shape index (κ1) is 18.7. The van der Waals surface area contributed by atoms with Crippen LogP contribution in [0.25, 0.3) is 0 Å². The van der Waals surface area contributed by atoms with Gasteiger partial charge in [-0.3, -0.25) is 9.78 Å². The molecule has 9 nitrogen and oxygen atoms in total. The van der Waals surface area contributed by atoms with Gasteiger partial charge in [0.05, 0.1) is 17.9 Å². The second-order valence-corrected chi connectivity index (χ2v) is 6.40. The summed E-state index contributed by atoms with van der Waals surface area (Å²) in [6, 6.07) is 3.12. The van der Waals surface area contributed by atoms with E-state index in [1.54, 1.807) is 23.2 Å². The molecule has 144 valence electrons. The normalized spacial score (nSPS) is 14.2. The zero-order valence-corrected chi connectivity index (χ0v) is 15.8. The molecular weight excluding hydrogens is 348 g/mol. The largest absolute Gasteiger partial charge is 0.454 e. The summed E-state index contributed by atoms with van der Waals surface area (Å²) in [5.41, 5.74) is 1.77. The summed E-state index contributed by atoms with van der Waals surface area (Å²) in [5, 5.41) is 5.32. The molecule has 9 heteroatoms. The minimum absolute atomic E-state index is 0.153. The Morgan fingerprint density at radius 3 is 2.63 bits per heavy atom. The average molecular weight is 372 g/mol. The molecule has 0 aliphatic carbocycles. The lowest BCUT2D eigenvalue weighted by atomic mass is 10.3. The topological polar surface area (TPSA) is 104 Å². The van der Waals surface area contributed by atoms with Crippen molar-refractivity contribution in [3.8, 4) is 0 Å². The zero-order chi connectivity index (χ0) is 19.4. The van der Waals surface area contributed by atoms with Crippen LogP contribution in [-0.2, 0) is 6.54 Å². The third kappa shape index (κ3) is 4.36. The number of piperazine rings is 1. The molecule has 3 rings (SSSR count). The highest BCUT2D eigenvalue weighted by Gasteiger charge is 2.23. The molecule has 3 heterocycles. The van der Waals surface area contributed by atoms with Crippen molar-refractivity contribution in [2.75, 3.05) is 38.1 Å². The van der Waals surface area contributed by atoms with Crippen LogP contribution in [0.3, 0.4) is 0 Å². The maximum Gasteiger partial charge on any atom is 0.317 e. The van der Waals surface area contributed by atoms with Gasteiger partial charge in [0.15, 0.2) is 5.76 Å². The molecule has 0 spiro atoms. The molecule has 0 atom stereocenters. The van der Waals surface area contributed by atoms with E-state index in [4.69, 9.17) is 4.42 Å². The number of rotatable bonds is 4. The number of aromatic nitrogens is 2. The average Bonchev–Trinajstić information content (AvgIpc) is 3.16. The maximum atomic E-state index is 12.4. The first-order valence-electron chi connectivity index (χ1n) is 8.86. The van der Waals surface area contributed by atoms with Crippen molar-refractivity contribution in [1.82, 2.24) is 25.5 Å². The Morgan fingerprint density at radius 1 is 1.19 bits per heavy atom. The first-order chi connectivity index (χ1) is 13.0. The van der Waals surface area contributed by atoms with Crippen LogP contribution in [0.1, 0.15) is 27.7 Å². The Kier molecular flexibility index (Phi) is 5.58. The van der Waals surface area contributed by atoms with Gasteiger partial charge in [-0.15, -0.1) is 0 Å². The van der Waals surface area contributed by atoms with Gasteiger partial charge < -0.3 is 24.9 Å². The van der Waals surface area contributed by atoms with E-state index in [9.17, 15) is 9.59 Å². The van der Waals surface area contributed by atoms with Gasteiger partial charge in [-0.1, -0.05) is 0 Å². The molecule has 1 saturated heterocycles. The van der Waals surface area contributed by atoms with Crippen LogP contribution in [0.4, 0.5) is 10.6 Å². The van der Waals surface area contributed by atoms with Crippen molar-refractivity contribution in [2.24, 2.45) is 0 Å². The lowest BCUT2D eigenvalue weighted by Crippen LogP contribution is -2.52. The Labute approximate surface area is 157 Å². The van der Waals surface area contributed by atoms with Crippen molar-refractivity contribution in [1.29, 1.82) is 0 Å². The van der Waals surface area contributed by atoms with Crippen LogP contribution in [-0.4, -0.2) is 60.0 Å². The Hall–Kier alpha value is -3.10. The number of furan rings is 1. The number of hydrogen-bond acceptors (Lipinski definition) is 6. The lowest BCUT2D eigenvalue weighted by molar-refractivity contribution is 0.0934. The summed E-state index contributed by atoms with van der Waals surface area (Å²) in [4.78, 5) is 36.7. The molecular formula is C18H24N6O3. The molecule has 1 fully saturated rings. The molecule has 3 amide bonds. The summed E-state index contributed by atoms with van der Waals surface area (Å²) in [6.07, 6.45) is 1.76. The SMILES string of the molecule is CNC(=O)c1ccc(CNC(=O)N2CCN(c3nc(C)cnc3C)CC2)o1. The highest BCUT2D eigenvalue weighted by molar-refractivity contribution is 5.91. The minimum Gasteiger partial charge on any atom is -0.454 e. The number of carbonyl (C=O) groups is 2. The van der Waals surface area contributed by atoms with Crippen LogP contribution >= 0.6 is 0 Å². The molecule has 0 unspecified atom stereocenters. The van der Waals surface area contributed by atoms with Gasteiger partial charge in [0, 0.05) is 39.4 Å². The van der Waals surface area contributed by atoms with E-state index in [-0.39, 0.29) is 24.2 Å². The van der Waals surface area contributed by atoms with Crippen LogP contribution in [0.5, 0.6) is 0 Å². The van der Waals surface area contributed by atoms with Gasteiger partial charge >= 0.3 is 6.03 Å². The van der Waals surface area contributed by atoms with Gasteiger partial charge in [-0.05, 0) is 26.0 Å². The highest BCUT2D eigenvalue weighted by atomic mass is 16.4. The first-order valence-corrected chi connectivity index (χ1v) is 8.86. The van der Waals surface area contributed by atoms with E-state index in [0.29, 0.717) is 31.9 Å². The van der Waals surface area contributed by atoms with Gasteiger partial charge in [-0.25, -0.2) is 9.78 Å². The predicted octanol–water partition coefficient (Wildman–Crippen LogP) is 1.08. The number of amides is 3. The Bertz CT molecular complexity index is 826. The van der Waals surface area contributed by atoms with Crippen molar-refractivity contribution in [2.45, 2.75) is 20.4 Å². The minimum atomic E-state index is -0.293. The lowest BCUT2D eigenvalue weighted by Gasteiger charge is -2.35. The molecule has 2 aromatic rings. The molecule has 1 aliphatic heterocycles. The quantitative estimate of drug-likeness (QED) is 0.832. The fraction of sp³-hybridized carbons (Fsp3) is 0.444. The van der Waals surface area contributed by atoms with Gasteiger partial charge in [0.25, 0.3) is 5.91 Å². The molecule has 2 N–H and O–H groups in total. The van der Waals surface area contributed by atoms with Crippen LogP contribution < -0.4 is 15.5 Å². The van der Waals surface area contributed by atoms with Crippen molar-refractivity contribution in [3.63, 3.8) is 0 Å². The van der Waals surface area contributed by atoms with Crippen molar-refractivity contribution < 1.29 is 14.0 Å². The van der Waals surface area contributed by atoms with E-state index < -0.39 is 0 Å². The van der Waals surface area contributed by atoms with Gasteiger partial charge in [-0.2, -0.15) is 0 Å². The smallest absolute Gasteiger partial charge is 0.317 e. The van der Waals surface area contributed by atoms with E-state index in [2.05, 4.69) is 25.5 Å². The van der Waals surface area contributed by atoms with Crippen LogP contribution in [0.15, 0.2) is 22.7 Å². The van der Waals surface area contributed by atoms with Gasteiger partial charge in [0.1, 0.15) is 11.6 Å². The second-order valence-electron chi connectivity index (χ2n) is 6.40. The van der Waals surface area contributed by atoms with E-state index in [1.807, 2.05) is 13.8 Å². The van der Waals surface area contributed by atoms with Crippen LogP contribution in [0, 0.1) is 13.8 Å². The van der Waals surface area contributed by atoms with Crippen molar-refractivity contribution in [3.05, 3.63) is 41.2 Å². The van der Waals surface area contributed by atoms with Crippen molar-refractivity contribution >= 4 is 17.8 Å². The number of nitrogens with zero attached hydrogens (tertiary/aromatic N) is 4.